The van der Waals surface area contributed by atoms with E-state index in [-0.39, 0.29) is 12.4 Å². The summed E-state index contributed by atoms with van der Waals surface area (Å²) in [6.07, 6.45) is 5.51. The molecule has 1 rings (SSSR count). The normalized spacial score (nSPS) is 10.4. The van der Waals surface area contributed by atoms with Crippen LogP contribution in [0.2, 0.25) is 0 Å². The quantitative estimate of drug-likeness (QED) is 0.683. The molecule has 0 aliphatic heterocycles. The molecule has 1 aromatic heterocycles. The minimum atomic E-state index is 0.0721. The molecule has 0 aliphatic rings. The van der Waals surface area contributed by atoms with Crippen LogP contribution in [0.5, 0.6) is 0 Å². The van der Waals surface area contributed by atoms with Crippen molar-refractivity contribution >= 4 is 5.78 Å². The molecule has 0 radical (unpaired) electrons. The SMILES string of the molecule is CCCc1nccn1CC(=O)COC. The van der Waals surface area contributed by atoms with E-state index in [1.807, 2.05) is 10.8 Å². The number of ether oxygens (including phenoxy) is 1. The Morgan fingerprint density at radius 1 is 1.64 bits per heavy atom. The Kier molecular flexibility index (Phi) is 4.32. The van der Waals surface area contributed by atoms with E-state index in [1.165, 1.54) is 7.11 Å². The number of aromatic nitrogens is 2. The van der Waals surface area contributed by atoms with E-state index in [2.05, 4.69) is 11.9 Å². The summed E-state index contributed by atoms with van der Waals surface area (Å²) in [5, 5.41) is 0. The van der Waals surface area contributed by atoms with E-state index in [9.17, 15) is 4.79 Å². The number of aryl methyl sites for hydroxylation is 1. The van der Waals surface area contributed by atoms with E-state index >= 15 is 0 Å². The molecule has 0 spiro atoms. The van der Waals surface area contributed by atoms with Crippen molar-refractivity contribution in [1.82, 2.24) is 9.55 Å². The Labute approximate surface area is 83.9 Å². The zero-order valence-electron chi connectivity index (χ0n) is 8.69. The third kappa shape index (κ3) is 2.96. The summed E-state index contributed by atoms with van der Waals surface area (Å²) in [7, 11) is 1.53. The molecule has 0 aromatic carbocycles. The molecule has 1 aromatic rings. The smallest absolute Gasteiger partial charge is 0.178 e. The van der Waals surface area contributed by atoms with Gasteiger partial charge < -0.3 is 9.30 Å². The van der Waals surface area contributed by atoms with Crippen molar-refractivity contribution in [3.8, 4) is 0 Å². The average molecular weight is 196 g/mol. The summed E-state index contributed by atoms with van der Waals surface area (Å²) in [5.41, 5.74) is 0. The van der Waals surface area contributed by atoms with Crippen LogP contribution in [0.4, 0.5) is 0 Å². The van der Waals surface area contributed by atoms with Gasteiger partial charge in [-0.3, -0.25) is 4.79 Å². The van der Waals surface area contributed by atoms with Gasteiger partial charge in [0.2, 0.25) is 0 Å². The summed E-state index contributed by atoms with van der Waals surface area (Å²) in [6.45, 7) is 2.63. The van der Waals surface area contributed by atoms with Gasteiger partial charge in [0, 0.05) is 25.9 Å². The van der Waals surface area contributed by atoms with Crippen LogP contribution in [-0.2, 0) is 22.5 Å². The van der Waals surface area contributed by atoms with Gasteiger partial charge in [-0.2, -0.15) is 0 Å². The number of hydrogen-bond acceptors (Lipinski definition) is 3. The second-order valence-electron chi connectivity index (χ2n) is 3.19. The standard InChI is InChI=1S/C10H16N2O2/c1-3-4-10-11-5-6-12(10)7-9(13)8-14-2/h5-6H,3-4,7-8H2,1-2H3. The maximum atomic E-state index is 11.3. The van der Waals surface area contributed by atoms with Crippen LogP contribution < -0.4 is 0 Å². The molecule has 0 atom stereocenters. The van der Waals surface area contributed by atoms with Crippen molar-refractivity contribution in [1.29, 1.82) is 0 Å². The second-order valence-corrected chi connectivity index (χ2v) is 3.19. The van der Waals surface area contributed by atoms with Gasteiger partial charge >= 0.3 is 0 Å². The molecule has 0 aliphatic carbocycles. The van der Waals surface area contributed by atoms with Crippen molar-refractivity contribution in [2.75, 3.05) is 13.7 Å². The van der Waals surface area contributed by atoms with Gasteiger partial charge in [0.1, 0.15) is 12.4 Å². The first-order chi connectivity index (χ1) is 6.77. The molecule has 0 N–H and O–H groups in total. The Morgan fingerprint density at radius 2 is 2.43 bits per heavy atom. The second kappa shape index (κ2) is 5.54. The van der Waals surface area contributed by atoms with Gasteiger partial charge in [-0.05, 0) is 6.42 Å². The first-order valence-electron chi connectivity index (χ1n) is 4.78. The highest BCUT2D eigenvalue weighted by Gasteiger charge is 2.06. The number of hydrogen-bond donors (Lipinski definition) is 0. The Balaban J connectivity index is 2.56. The molecule has 14 heavy (non-hydrogen) atoms. The molecule has 1 heterocycles. The highest BCUT2D eigenvalue weighted by Crippen LogP contribution is 2.01. The number of ketones is 1. The fourth-order valence-electron chi connectivity index (χ4n) is 1.33. The van der Waals surface area contributed by atoms with Crippen molar-refractivity contribution in [2.45, 2.75) is 26.3 Å². The van der Waals surface area contributed by atoms with Crippen LogP contribution in [0.15, 0.2) is 12.4 Å². The third-order valence-electron chi connectivity index (χ3n) is 1.93. The van der Waals surface area contributed by atoms with Crippen LogP contribution in [0.25, 0.3) is 0 Å². The maximum Gasteiger partial charge on any atom is 0.178 e. The van der Waals surface area contributed by atoms with Gasteiger partial charge in [0.15, 0.2) is 5.78 Å². The fraction of sp³-hybridized carbons (Fsp3) is 0.600. The van der Waals surface area contributed by atoms with E-state index < -0.39 is 0 Å². The van der Waals surface area contributed by atoms with E-state index in [1.54, 1.807) is 6.20 Å². The molecule has 4 heteroatoms. The van der Waals surface area contributed by atoms with Crippen LogP contribution in [0.3, 0.4) is 0 Å². The Bertz CT molecular complexity index is 294. The molecule has 78 valence electrons. The number of nitrogens with zero attached hydrogens (tertiary/aromatic N) is 2. The predicted octanol–water partition coefficient (Wildman–Crippen LogP) is 1.05. The summed E-state index contributed by atoms with van der Waals surface area (Å²) in [4.78, 5) is 15.5. The van der Waals surface area contributed by atoms with Crippen LogP contribution >= 0.6 is 0 Å². The fourth-order valence-corrected chi connectivity index (χ4v) is 1.33. The average Bonchev–Trinajstić information content (AvgIpc) is 2.54. The highest BCUT2D eigenvalue weighted by molar-refractivity contribution is 5.79. The van der Waals surface area contributed by atoms with Crippen LogP contribution in [0, 0.1) is 0 Å². The topological polar surface area (TPSA) is 44.1 Å². The lowest BCUT2D eigenvalue weighted by Crippen LogP contribution is -2.16. The lowest BCUT2D eigenvalue weighted by molar-refractivity contribution is -0.123. The number of Topliss-reactive ketones (excluding diaryl/α,β-unsaturated/α-hetero) is 1. The maximum absolute atomic E-state index is 11.3. The van der Waals surface area contributed by atoms with Crippen LogP contribution in [0.1, 0.15) is 19.2 Å². The van der Waals surface area contributed by atoms with Gasteiger partial charge in [0.25, 0.3) is 0 Å². The minimum Gasteiger partial charge on any atom is -0.377 e. The highest BCUT2D eigenvalue weighted by atomic mass is 16.5. The first-order valence-corrected chi connectivity index (χ1v) is 4.78. The van der Waals surface area contributed by atoms with E-state index in [4.69, 9.17) is 4.74 Å². The summed E-state index contributed by atoms with van der Waals surface area (Å²) >= 11 is 0. The van der Waals surface area contributed by atoms with Gasteiger partial charge in [-0.1, -0.05) is 6.92 Å². The summed E-state index contributed by atoms with van der Waals surface area (Å²) in [5.74, 6) is 1.04. The molecular formula is C10H16N2O2. The molecule has 0 saturated heterocycles. The van der Waals surface area contributed by atoms with Gasteiger partial charge in [-0.25, -0.2) is 4.98 Å². The Morgan fingerprint density at radius 3 is 3.07 bits per heavy atom. The van der Waals surface area contributed by atoms with Crippen LogP contribution in [-0.4, -0.2) is 29.1 Å². The van der Waals surface area contributed by atoms with Crippen molar-refractivity contribution in [2.24, 2.45) is 0 Å². The predicted molar refractivity (Wildman–Crippen MR) is 53.1 cm³/mol. The zero-order chi connectivity index (χ0) is 10.4. The van der Waals surface area contributed by atoms with Crippen molar-refractivity contribution in [3.05, 3.63) is 18.2 Å². The zero-order valence-corrected chi connectivity index (χ0v) is 8.69. The van der Waals surface area contributed by atoms with E-state index in [0.29, 0.717) is 6.54 Å². The largest absolute Gasteiger partial charge is 0.377 e. The molecule has 0 unspecified atom stereocenters. The number of rotatable bonds is 6. The summed E-state index contributed by atoms with van der Waals surface area (Å²) in [6, 6.07) is 0. The number of methoxy groups -OCH3 is 1. The lowest BCUT2D eigenvalue weighted by Gasteiger charge is -2.05. The Hall–Kier alpha value is -1.16. The monoisotopic (exact) mass is 196 g/mol. The lowest BCUT2D eigenvalue weighted by atomic mass is 10.3. The molecule has 0 amide bonds. The molecule has 0 bridgehead atoms. The van der Waals surface area contributed by atoms with Gasteiger partial charge in [-0.15, -0.1) is 0 Å². The number of carbonyl (C=O) groups is 1. The first kappa shape index (κ1) is 10.9. The molecule has 0 fully saturated rings. The minimum absolute atomic E-state index is 0.0721. The molecule has 4 nitrogen and oxygen atoms in total. The summed E-state index contributed by atoms with van der Waals surface area (Å²) < 4.78 is 6.65. The van der Waals surface area contributed by atoms with Gasteiger partial charge in [0.05, 0.1) is 6.54 Å². The number of carbonyl (C=O) groups excluding carboxylic acids is 1. The van der Waals surface area contributed by atoms with Crippen molar-refractivity contribution < 1.29 is 9.53 Å². The number of imidazole rings is 1. The molecule has 0 saturated carbocycles. The van der Waals surface area contributed by atoms with E-state index in [0.717, 1.165) is 18.7 Å². The van der Waals surface area contributed by atoms with Crippen molar-refractivity contribution in [3.63, 3.8) is 0 Å². The third-order valence-corrected chi connectivity index (χ3v) is 1.93. The molecular weight excluding hydrogens is 180 g/mol.